The van der Waals surface area contributed by atoms with E-state index in [0.29, 0.717) is 19.4 Å². The lowest BCUT2D eigenvalue weighted by Crippen LogP contribution is -2.40. The van der Waals surface area contributed by atoms with E-state index in [4.69, 9.17) is 0 Å². The molecule has 1 aliphatic heterocycles. The van der Waals surface area contributed by atoms with Crippen molar-refractivity contribution >= 4 is 15.8 Å². The molecular weight excluding hydrogens is 274 g/mol. The highest BCUT2D eigenvalue weighted by atomic mass is 32.2. The Morgan fingerprint density at radius 2 is 1.95 bits per heavy atom. The summed E-state index contributed by atoms with van der Waals surface area (Å²) in [5.41, 5.74) is 1.02. The highest BCUT2D eigenvalue weighted by molar-refractivity contribution is 7.89. The average molecular weight is 295 g/mol. The van der Waals surface area contributed by atoms with E-state index in [1.807, 2.05) is 13.8 Å². The average Bonchev–Trinajstić information content (AvgIpc) is 2.89. The number of rotatable bonds is 5. The van der Waals surface area contributed by atoms with Gasteiger partial charge in [0.2, 0.25) is 10.0 Å². The van der Waals surface area contributed by atoms with Crippen LogP contribution in [0.4, 0.5) is 0 Å². The van der Waals surface area contributed by atoms with Gasteiger partial charge in [0.05, 0.1) is 10.9 Å². The molecule has 1 atom stereocenters. The first kappa shape index (κ1) is 15.2. The molecule has 0 amide bonds. The smallest absolute Gasteiger partial charge is 0.243 e. The maximum atomic E-state index is 12.6. The molecule has 1 aromatic rings. The van der Waals surface area contributed by atoms with E-state index in [2.05, 4.69) is 0 Å². The van der Waals surface area contributed by atoms with Gasteiger partial charge in [0.1, 0.15) is 0 Å². The fourth-order valence-electron chi connectivity index (χ4n) is 2.61. The van der Waals surface area contributed by atoms with Gasteiger partial charge in [-0.15, -0.1) is 0 Å². The van der Waals surface area contributed by atoms with Crippen molar-refractivity contribution in [1.29, 1.82) is 0 Å². The van der Waals surface area contributed by atoms with E-state index in [1.54, 1.807) is 24.3 Å². The number of nitrogens with zero attached hydrogens (tertiary/aromatic N) is 1. The van der Waals surface area contributed by atoms with Crippen molar-refractivity contribution in [2.24, 2.45) is 0 Å². The van der Waals surface area contributed by atoms with Crippen molar-refractivity contribution in [3.8, 4) is 0 Å². The molecular formula is C15H21NO3S. The Hall–Kier alpha value is -1.20. The molecule has 0 bridgehead atoms. The number of sulfonamides is 1. The summed E-state index contributed by atoms with van der Waals surface area (Å²) in [6.45, 7) is 4.29. The van der Waals surface area contributed by atoms with Crippen LogP contribution < -0.4 is 0 Å². The summed E-state index contributed by atoms with van der Waals surface area (Å²) in [6, 6.07) is 6.33. The number of carbonyl (C=O) groups is 1. The van der Waals surface area contributed by atoms with E-state index in [0.717, 1.165) is 18.4 Å². The second kappa shape index (κ2) is 6.06. The van der Waals surface area contributed by atoms with Crippen molar-refractivity contribution < 1.29 is 13.2 Å². The lowest BCUT2D eigenvalue weighted by Gasteiger charge is -2.23. The Labute approximate surface area is 120 Å². The molecule has 0 N–H and O–H groups in total. The number of aryl methyl sites for hydroxylation is 1. The quantitative estimate of drug-likeness (QED) is 0.838. The Morgan fingerprint density at radius 1 is 1.30 bits per heavy atom. The Bertz CT molecular complexity index is 578. The number of carbonyl (C=O) groups excluding carboxylic acids is 1. The van der Waals surface area contributed by atoms with Crippen molar-refractivity contribution in [3.05, 3.63) is 29.8 Å². The Balaban J connectivity index is 2.28. The highest BCUT2D eigenvalue weighted by Gasteiger charge is 2.38. The SMILES string of the molecule is CCCC(=O)C1CCCN1S(=O)(=O)c1ccc(C)cc1. The molecule has 1 heterocycles. The second-order valence-electron chi connectivity index (χ2n) is 5.30. The minimum atomic E-state index is -3.56. The van der Waals surface area contributed by atoms with Gasteiger partial charge in [0.15, 0.2) is 5.78 Å². The van der Waals surface area contributed by atoms with E-state index in [1.165, 1.54) is 4.31 Å². The van der Waals surface area contributed by atoms with Crippen LogP contribution in [0.1, 0.15) is 38.2 Å². The van der Waals surface area contributed by atoms with Gasteiger partial charge in [-0.05, 0) is 38.3 Å². The van der Waals surface area contributed by atoms with Crippen LogP contribution in [-0.4, -0.2) is 31.1 Å². The first-order valence-corrected chi connectivity index (χ1v) is 8.52. The molecule has 1 aromatic carbocycles. The number of hydrogen-bond donors (Lipinski definition) is 0. The Morgan fingerprint density at radius 3 is 2.55 bits per heavy atom. The van der Waals surface area contributed by atoms with Gasteiger partial charge in [-0.3, -0.25) is 4.79 Å². The summed E-state index contributed by atoms with van der Waals surface area (Å²) in [7, 11) is -3.56. The Kier molecular flexibility index (Phi) is 4.60. The summed E-state index contributed by atoms with van der Waals surface area (Å²) in [5.74, 6) is 0.0423. The summed E-state index contributed by atoms with van der Waals surface area (Å²) in [4.78, 5) is 12.4. The van der Waals surface area contributed by atoms with Gasteiger partial charge >= 0.3 is 0 Å². The monoisotopic (exact) mass is 295 g/mol. The van der Waals surface area contributed by atoms with Crippen molar-refractivity contribution in [3.63, 3.8) is 0 Å². The minimum Gasteiger partial charge on any atom is -0.298 e. The van der Waals surface area contributed by atoms with Crippen LogP contribution in [0, 0.1) is 6.92 Å². The summed E-state index contributed by atoms with van der Waals surface area (Å²) >= 11 is 0. The number of ketones is 1. The highest BCUT2D eigenvalue weighted by Crippen LogP contribution is 2.27. The third-order valence-corrected chi connectivity index (χ3v) is 5.62. The van der Waals surface area contributed by atoms with E-state index in [9.17, 15) is 13.2 Å². The molecule has 0 saturated carbocycles. The van der Waals surface area contributed by atoms with E-state index < -0.39 is 16.1 Å². The number of Topliss-reactive ketones (excluding diaryl/α,β-unsaturated/α-hetero) is 1. The molecule has 5 heteroatoms. The van der Waals surface area contributed by atoms with Gasteiger partial charge in [0.25, 0.3) is 0 Å². The van der Waals surface area contributed by atoms with Crippen LogP contribution >= 0.6 is 0 Å². The molecule has 1 unspecified atom stereocenters. The topological polar surface area (TPSA) is 54.5 Å². The van der Waals surface area contributed by atoms with Gasteiger partial charge in [-0.25, -0.2) is 8.42 Å². The molecule has 0 spiro atoms. The van der Waals surface area contributed by atoms with Crippen molar-refractivity contribution in [2.45, 2.75) is 50.5 Å². The number of hydrogen-bond acceptors (Lipinski definition) is 3. The summed E-state index contributed by atoms with van der Waals surface area (Å²) < 4.78 is 26.7. The predicted molar refractivity (Wildman–Crippen MR) is 78.0 cm³/mol. The molecule has 1 aliphatic rings. The third kappa shape index (κ3) is 2.94. The molecule has 4 nitrogen and oxygen atoms in total. The van der Waals surface area contributed by atoms with Crippen LogP contribution in [0.25, 0.3) is 0 Å². The fourth-order valence-corrected chi connectivity index (χ4v) is 4.29. The molecule has 1 saturated heterocycles. The molecule has 1 fully saturated rings. The molecule has 110 valence electrons. The summed E-state index contributed by atoms with van der Waals surface area (Å²) in [5, 5.41) is 0. The predicted octanol–water partition coefficient (Wildman–Crippen LogP) is 2.52. The molecule has 0 aliphatic carbocycles. The minimum absolute atomic E-state index is 0.0423. The molecule has 0 aromatic heterocycles. The van der Waals surface area contributed by atoms with Crippen molar-refractivity contribution in [1.82, 2.24) is 4.31 Å². The first-order valence-electron chi connectivity index (χ1n) is 7.08. The molecule has 20 heavy (non-hydrogen) atoms. The standard InChI is InChI=1S/C15H21NO3S/c1-3-5-15(17)14-6-4-11-16(14)20(18,19)13-9-7-12(2)8-10-13/h7-10,14H,3-6,11H2,1-2H3. The van der Waals surface area contributed by atoms with Gasteiger partial charge in [0, 0.05) is 13.0 Å². The zero-order chi connectivity index (χ0) is 14.8. The normalized spacial score (nSPS) is 20.2. The second-order valence-corrected chi connectivity index (χ2v) is 7.19. The van der Waals surface area contributed by atoms with Crippen LogP contribution in [0.2, 0.25) is 0 Å². The fraction of sp³-hybridized carbons (Fsp3) is 0.533. The van der Waals surface area contributed by atoms with Gasteiger partial charge in [-0.1, -0.05) is 24.6 Å². The zero-order valence-electron chi connectivity index (χ0n) is 12.0. The van der Waals surface area contributed by atoms with Crippen LogP contribution in [0.3, 0.4) is 0 Å². The maximum absolute atomic E-state index is 12.6. The van der Waals surface area contributed by atoms with Crippen molar-refractivity contribution in [2.75, 3.05) is 6.54 Å². The third-order valence-electron chi connectivity index (χ3n) is 3.70. The lowest BCUT2D eigenvalue weighted by molar-refractivity contribution is -0.122. The van der Waals surface area contributed by atoms with Gasteiger partial charge < -0.3 is 0 Å². The molecule has 2 rings (SSSR count). The lowest BCUT2D eigenvalue weighted by atomic mass is 10.1. The summed E-state index contributed by atoms with van der Waals surface area (Å²) in [6.07, 6.45) is 2.60. The van der Waals surface area contributed by atoms with Crippen LogP contribution in [0.15, 0.2) is 29.2 Å². The first-order chi connectivity index (χ1) is 9.46. The number of benzene rings is 1. The van der Waals surface area contributed by atoms with E-state index in [-0.39, 0.29) is 10.7 Å². The maximum Gasteiger partial charge on any atom is 0.243 e. The zero-order valence-corrected chi connectivity index (χ0v) is 12.8. The van der Waals surface area contributed by atoms with Gasteiger partial charge in [-0.2, -0.15) is 4.31 Å². The van der Waals surface area contributed by atoms with Crippen LogP contribution in [-0.2, 0) is 14.8 Å². The van der Waals surface area contributed by atoms with Crippen LogP contribution in [0.5, 0.6) is 0 Å². The van der Waals surface area contributed by atoms with E-state index >= 15 is 0 Å². The largest absolute Gasteiger partial charge is 0.298 e. The molecule has 0 radical (unpaired) electrons.